The van der Waals surface area contributed by atoms with E-state index < -0.39 is 0 Å². The standard InChI is InChI=1S/C8H12O/c1-7(9)8-5-3-2-4-6-8/h2-3,8H,4-6H2,1H3/t8-/m1/s1. The van der Waals surface area contributed by atoms with Gasteiger partial charge in [0.1, 0.15) is 5.78 Å². The molecule has 0 heterocycles. The van der Waals surface area contributed by atoms with Gasteiger partial charge in [-0.05, 0) is 26.2 Å². The van der Waals surface area contributed by atoms with Gasteiger partial charge in [-0.3, -0.25) is 4.79 Å². The van der Waals surface area contributed by atoms with E-state index in [0.29, 0.717) is 11.7 Å². The second kappa shape index (κ2) is 2.81. The highest BCUT2D eigenvalue weighted by molar-refractivity contribution is 5.78. The van der Waals surface area contributed by atoms with Crippen molar-refractivity contribution in [2.75, 3.05) is 0 Å². The maximum atomic E-state index is 10.8. The molecule has 0 aromatic rings. The maximum Gasteiger partial charge on any atom is 0.133 e. The summed E-state index contributed by atoms with van der Waals surface area (Å²) in [6, 6.07) is 0. The van der Waals surface area contributed by atoms with Crippen molar-refractivity contribution in [2.24, 2.45) is 5.92 Å². The van der Waals surface area contributed by atoms with Crippen LogP contribution in [0, 0.1) is 5.92 Å². The summed E-state index contributed by atoms with van der Waals surface area (Å²) >= 11 is 0. The molecule has 0 aromatic heterocycles. The lowest BCUT2D eigenvalue weighted by molar-refractivity contribution is -0.120. The van der Waals surface area contributed by atoms with Gasteiger partial charge >= 0.3 is 0 Å². The number of rotatable bonds is 1. The summed E-state index contributed by atoms with van der Waals surface area (Å²) in [5.41, 5.74) is 0. The predicted molar refractivity (Wildman–Crippen MR) is 37.2 cm³/mol. The minimum Gasteiger partial charge on any atom is -0.300 e. The molecule has 0 amide bonds. The minimum atomic E-state index is 0.329. The fourth-order valence-electron chi connectivity index (χ4n) is 1.16. The quantitative estimate of drug-likeness (QED) is 0.488. The summed E-state index contributed by atoms with van der Waals surface area (Å²) in [5, 5.41) is 0. The summed E-state index contributed by atoms with van der Waals surface area (Å²) in [5.74, 6) is 0.675. The lowest BCUT2D eigenvalue weighted by atomic mass is 9.91. The number of hydrogen-bond donors (Lipinski definition) is 0. The van der Waals surface area contributed by atoms with Gasteiger partial charge in [0, 0.05) is 5.92 Å². The number of allylic oxidation sites excluding steroid dienone is 2. The molecule has 0 aromatic carbocycles. The van der Waals surface area contributed by atoms with Crippen molar-refractivity contribution in [1.29, 1.82) is 0 Å². The van der Waals surface area contributed by atoms with Crippen LogP contribution >= 0.6 is 0 Å². The van der Waals surface area contributed by atoms with Crippen LogP contribution in [-0.4, -0.2) is 5.78 Å². The summed E-state index contributed by atoms with van der Waals surface area (Å²) < 4.78 is 0. The Morgan fingerprint density at radius 3 is 2.67 bits per heavy atom. The molecule has 0 N–H and O–H groups in total. The molecule has 9 heavy (non-hydrogen) atoms. The van der Waals surface area contributed by atoms with E-state index in [2.05, 4.69) is 12.2 Å². The molecule has 0 spiro atoms. The Bertz CT molecular complexity index is 136. The zero-order valence-electron chi connectivity index (χ0n) is 5.76. The van der Waals surface area contributed by atoms with Gasteiger partial charge in [0.15, 0.2) is 0 Å². The highest BCUT2D eigenvalue weighted by atomic mass is 16.1. The van der Waals surface area contributed by atoms with Gasteiger partial charge < -0.3 is 0 Å². The summed E-state index contributed by atoms with van der Waals surface area (Å²) in [4.78, 5) is 10.8. The Balaban J connectivity index is 2.44. The van der Waals surface area contributed by atoms with Crippen LogP contribution in [-0.2, 0) is 4.79 Å². The van der Waals surface area contributed by atoms with Crippen LogP contribution in [0.4, 0.5) is 0 Å². The number of ketones is 1. The predicted octanol–water partition coefficient (Wildman–Crippen LogP) is 1.93. The number of hydrogen-bond acceptors (Lipinski definition) is 1. The van der Waals surface area contributed by atoms with E-state index in [1.54, 1.807) is 6.92 Å². The van der Waals surface area contributed by atoms with E-state index in [9.17, 15) is 4.79 Å². The normalized spacial score (nSPS) is 26.1. The molecule has 1 atom stereocenters. The molecule has 1 aliphatic carbocycles. The summed E-state index contributed by atoms with van der Waals surface area (Å²) in [6.45, 7) is 1.68. The fraction of sp³-hybridized carbons (Fsp3) is 0.625. The van der Waals surface area contributed by atoms with Crippen LogP contribution in [0.25, 0.3) is 0 Å². The van der Waals surface area contributed by atoms with Crippen molar-refractivity contribution in [3.05, 3.63) is 12.2 Å². The molecule has 0 radical (unpaired) electrons. The van der Waals surface area contributed by atoms with E-state index >= 15 is 0 Å². The van der Waals surface area contributed by atoms with Gasteiger partial charge in [-0.2, -0.15) is 0 Å². The van der Waals surface area contributed by atoms with Crippen molar-refractivity contribution in [3.8, 4) is 0 Å². The Hall–Kier alpha value is -0.590. The lowest BCUT2D eigenvalue weighted by Crippen LogP contribution is -2.11. The number of carbonyl (C=O) groups is 1. The zero-order valence-corrected chi connectivity index (χ0v) is 5.76. The van der Waals surface area contributed by atoms with Crippen molar-refractivity contribution in [3.63, 3.8) is 0 Å². The average molecular weight is 124 g/mol. The van der Waals surface area contributed by atoms with Gasteiger partial charge in [-0.25, -0.2) is 0 Å². The first-order valence-electron chi connectivity index (χ1n) is 3.46. The molecule has 0 fully saturated rings. The van der Waals surface area contributed by atoms with Crippen molar-refractivity contribution in [2.45, 2.75) is 26.2 Å². The molecule has 0 saturated heterocycles. The first-order chi connectivity index (χ1) is 4.30. The third-order valence-electron chi connectivity index (χ3n) is 1.84. The Kier molecular flexibility index (Phi) is 2.04. The summed E-state index contributed by atoms with van der Waals surface area (Å²) in [6.07, 6.45) is 7.38. The van der Waals surface area contributed by atoms with E-state index in [4.69, 9.17) is 0 Å². The molecule has 0 bridgehead atoms. The smallest absolute Gasteiger partial charge is 0.133 e. The third-order valence-corrected chi connectivity index (χ3v) is 1.84. The monoisotopic (exact) mass is 124 g/mol. The number of Topliss-reactive ketones (excluding diaryl/α,β-unsaturated/α-hetero) is 1. The van der Waals surface area contributed by atoms with Crippen molar-refractivity contribution < 1.29 is 4.79 Å². The second-order valence-electron chi connectivity index (χ2n) is 2.59. The van der Waals surface area contributed by atoms with Crippen molar-refractivity contribution in [1.82, 2.24) is 0 Å². The fourth-order valence-corrected chi connectivity index (χ4v) is 1.16. The Morgan fingerprint density at radius 1 is 1.56 bits per heavy atom. The van der Waals surface area contributed by atoms with Gasteiger partial charge in [0.25, 0.3) is 0 Å². The molecule has 1 nitrogen and oxygen atoms in total. The van der Waals surface area contributed by atoms with Crippen LogP contribution in [0.5, 0.6) is 0 Å². The van der Waals surface area contributed by atoms with Gasteiger partial charge in [-0.15, -0.1) is 0 Å². The zero-order chi connectivity index (χ0) is 6.69. The van der Waals surface area contributed by atoms with Crippen LogP contribution in [0.3, 0.4) is 0 Å². The van der Waals surface area contributed by atoms with Gasteiger partial charge in [-0.1, -0.05) is 12.2 Å². The van der Waals surface area contributed by atoms with Crippen molar-refractivity contribution >= 4 is 5.78 Å². The van der Waals surface area contributed by atoms with E-state index in [1.807, 2.05) is 0 Å². The van der Waals surface area contributed by atoms with Crippen LogP contribution < -0.4 is 0 Å². The molecule has 50 valence electrons. The van der Waals surface area contributed by atoms with E-state index in [0.717, 1.165) is 19.3 Å². The highest BCUT2D eigenvalue weighted by Crippen LogP contribution is 2.18. The van der Waals surface area contributed by atoms with Gasteiger partial charge in [0.2, 0.25) is 0 Å². The molecular formula is C8H12O. The maximum absolute atomic E-state index is 10.8. The van der Waals surface area contributed by atoms with E-state index in [1.165, 1.54) is 0 Å². The molecule has 1 rings (SSSR count). The van der Waals surface area contributed by atoms with Crippen LogP contribution in [0.1, 0.15) is 26.2 Å². The topological polar surface area (TPSA) is 17.1 Å². The second-order valence-corrected chi connectivity index (χ2v) is 2.59. The molecule has 1 aliphatic rings. The minimum absolute atomic E-state index is 0.329. The molecule has 0 aliphatic heterocycles. The van der Waals surface area contributed by atoms with Crippen LogP contribution in [0.15, 0.2) is 12.2 Å². The summed E-state index contributed by atoms with van der Waals surface area (Å²) in [7, 11) is 0. The first-order valence-corrected chi connectivity index (χ1v) is 3.46. The Labute approximate surface area is 55.8 Å². The van der Waals surface area contributed by atoms with E-state index in [-0.39, 0.29) is 0 Å². The molecule has 1 heteroatoms. The number of carbonyl (C=O) groups excluding carboxylic acids is 1. The first kappa shape index (κ1) is 6.53. The molecular weight excluding hydrogens is 112 g/mol. The highest BCUT2D eigenvalue weighted by Gasteiger charge is 2.13. The molecule has 0 saturated carbocycles. The van der Waals surface area contributed by atoms with Crippen LogP contribution in [0.2, 0.25) is 0 Å². The third kappa shape index (κ3) is 1.67. The SMILES string of the molecule is CC(=O)[C@@H]1CC=CCC1. The lowest BCUT2D eigenvalue weighted by Gasteiger charge is -2.12. The van der Waals surface area contributed by atoms with Gasteiger partial charge in [0.05, 0.1) is 0 Å². The molecule has 0 unspecified atom stereocenters. The largest absolute Gasteiger partial charge is 0.300 e. The average Bonchev–Trinajstić information content (AvgIpc) is 1.90. The Morgan fingerprint density at radius 2 is 2.33 bits per heavy atom.